The lowest BCUT2D eigenvalue weighted by atomic mass is 9.99. The fourth-order valence-corrected chi connectivity index (χ4v) is 9.83. The van der Waals surface area contributed by atoms with E-state index in [-0.39, 0.29) is 0 Å². The van der Waals surface area contributed by atoms with E-state index in [2.05, 4.69) is 198 Å². The van der Waals surface area contributed by atoms with Gasteiger partial charge in [0.15, 0.2) is 5.58 Å². The lowest BCUT2D eigenvalue weighted by Crippen LogP contribution is -2.10. The molecule has 0 atom stereocenters. The van der Waals surface area contributed by atoms with E-state index in [9.17, 15) is 0 Å². The molecule has 56 heavy (non-hydrogen) atoms. The monoisotopic (exact) mass is 732 g/mol. The van der Waals surface area contributed by atoms with Crippen molar-refractivity contribution in [2.45, 2.75) is 0 Å². The van der Waals surface area contributed by atoms with E-state index in [1.54, 1.807) is 0 Å². The van der Waals surface area contributed by atoms with E-state index in [0.29, 0.717) is 0 Å². The van der Waals surface area contributed by atoms with Gasteiger partial charge in [-0.15, -0.1) is 11.3 Å². The van der Waals surface area contributed by atoms with Gasteiger partial charge in [0.1, 0.15) is 5.58 Å². The highest BCUT2D eigenvalue weighted by molar-refractivity contribution is 7.25. The molecule has 3 aromatic heterocycles. The number of anilines is 3. The molecule has 0 radical (unpaired) electrons. The first-order valence-electron chi connectivity index (χ1n) is 19.0. The molecule has 0 saturated heterocycles. The van der Waals surface area contributed by atoms with E-state index < -0.39 is 0 Å². The number of aromatic nitrogens is 1. The maximum absolute atomic E-state index is 6.69. The van der Waals surface area contributed by atoms with E-state index in [4.69, 9.17) is 4.42 Å². The molecule has 4 heteroatoms. The van der Waals surface area contributed by atoms with Crippen LogP contribution in [-0.2, 0) is 0 Å². The first-order valence-corrected chi connectivity index (χ1v) is 19.8. The van der Waals surface area contributed by atoms with Crippen LogP contribution >= 0.6 is 11.3 Å². The molecule has 0 amide bonds. The average molecular weight is 733 g/mol. The first kappa shape index (κ1) is 31.2. The summed E-state index contributed by atoms with van der Waals surface area (Å²) in [5, 5.41) is 9.68. The number of hydrogen-bond acceptors (Lipinski definition) is 3. The Morgan fingerprint density at radius 1 is 0.411 bits per heavy atom. The van der Waals surface area contributed by atoms with Gasteiger partial charge in [-0.2, -0.15) is 0 Å². The largest absolute Gasteiger partial charge is 0.454 e. The molecule has 0 fully saturated rings. The predicted molar refractivity (Wildman–Crippen MR) is 239 cm³/mol. The van der Waals surface area contributed by atoms with Crippen LogP contribution in [0, 0.1) is 0 Å². The van der Waals surface area contributed by atoms with Crippen molar-refractivity contribution in [1.29, 1.82) is 0 Å². The summed E-state index contributed by atoms with van der Waals surface area (Å²) in [4.78, 5) is 2.36. The van der Waals surface area contributed by atoms with Crippen LogP contribution in [0.25, 0.3) is 91.5 Å². The summed E-state index contributed by atoms with van der Waals surface area (Å²) in [6, 6.07) is 70.3. The molecule has 0 aliphatic carbocycles. The minimum Gasteiger partial charge on any atom is -0.454 e. The van der Waals surface area contributed by atoms with Crippen molar-refractivity contribution in [1.82, 2.24) is 4.57 Å². The van der Waals surface area contributed by atoms with Crippen molar-refractivity contribution in [2.75, 3.05) is 4.90 Å². The van der Waals surface area contributed by atoms with Gasteiger partial charge in [0, 0.05) is 58.8 Å². The summed E-state index contributed by atoms with van der Waals surface area (Å²) in [7, 11) is 0. The van der Waals surface area contributed by atoms with Crippen molar-refractivity contribution in [2.24, 2.45) is 0 Å². The lowest BCUT2D eigenvalue weighted by Gasteiger charge is -2.26. The van der Waals surface area contributed by atoms with Gasteiger partial charge in [-0.05, 0) is 101 Å². The van der Waals surface area contributed by atoms with Crippen LogP contribution in [0.5, 0.6) is 0 Å². The van der Waals surface area contributed by atoms with E-state index in [1.165, 1.54) is 58.4 Å². The Kier molecular flexibility index (Phi) is 6.80. The fourth-order valence-electron chi connectivity index (χ4n) is 8.75. The average Bonchev–Trinajstić information content (AvgIpc) is 3.93. The summed E-state index contributed by atoms with van der Waals surface area (Å²) in [6.07, 6.45) is 0. The van der Waals surface area contributed by atoms with Crippen molar-refractivity contribution in [3.05, 3.63) is 194 Å². The summed E-state index contributed by atoms with van der Waals surface area (Å²) < 4.78 is 11.7. The Balaban J connectivity index is 1.05. The van der Waals surface area contributed by atoms with Gasteiger partial charge < -0.3 is 13.9 Å². The molecule has 3 nitrogen and oxygen atoms in total. The van der Waals surface area contributed by atoms with Crippen molar-refractivity contribution in [3.63, 3.8) is 0 Å². The van der Waals surface area contributed by atoms with Gasteiger partial charge >= 0.3 is 0 Å². The van der Waals surface area contributed by atoms with Crippen LogP contribution < -0.4 is 4.90 Å². The molecule has 262 valence electrons. The van der Waals surface area contributed by atoms with Crippen molar-refractivity contribution >= 4 is 103 Å². The molecule has 0 N–H and O–H groups in total. The Hall–Kier alpha value is -7.14. The molecule has 0 aliphatic rings. The molecule has 0 spiro atoms. The highest BCUT2D eigenvalue weighted by Gasteiger charge is 2.22. The third kappa shape index (κ3) is 4.76. The van der Waals surface area contributed by atoms with Gasteiger partial charge in [-0.1, -0.05) is 115 Å². The molecular weight excluding hydrogens is 701 g/mol. The zero-order valence-corrected chi connectivity index (χ0v) is 31.0. The number of para-hydroxylation sites is 4. The Morgan fingerprint density at radius 2 is 1.07 bits per heavy atom. The molecule has 0 saturated carbocycles. The standard InChI is InChI=1S/C52H32N2OS/c1-2-11-37(12-3-1)54-46-17-7-4-13-40(46)41-27-26-39(32-48(41)54)53(47-18-10-16-44-42-14-5-8-19-49(42)55-52(44)47)38-25-23-34-29-33(21-22-35(34)30-38)36-24-28-51-45(31-36)43-15-6-9-20-50(43)56-51/h1-32H. The fraction of sp³-hybridized carbons (Fsp3) is 0. The first-order chi connectivity index (χ1) is 27.7. The van der Waals surface area contributed by atoms with Crippen LogP contribution in [0.2, 0.25) is 0 Å². The minimum absolute atomic E-state index is 0.865. The molecule has 12 rings (SSSR count). The molecule has 3 heterocycles. The quantitative estimate of drug-likeness (QED) is 0.176. The number of furan rings is 1. The summed E-state index contributed by atoms with van der Waals surface area (Å²) in [5.41, 5.74) is 10.8. The zero-order valence-electron chi connectivity index (χ0n) is 30.2. The Morgan fingerprint density at radius 3 is 2.00 bits per heavy atom. The second kappa shape index (κ2) is 12.2. The summed E-state index contributed by atoms with van der Waals surface area (Å²) >= 11 is 1.86. The smallest absolute Gasteiger partial charge is 0.159 e. The SMILES string of the molecule is c1ccc(-n2c3ccccc3c3ccc(N(c4ccc5cc(-c6ccc7sc8ccccc8c7c6)ccc5c4)c4cccc5c4oc4ccccc45)cc32)cc1. The van der Waals surface area contributed by atoms with Gasteiger partial charge in [-0.3, -0.25) is 0 Å². The van der Waals surface area contributed by atoms with E-state index in [0.717, 1.165) is 50.2 Å². The number of rotatable bonds is 5. The van der Waals surface area contributed by atoms with Crippen LogP contribution in [-0.4, -0.2) is 4.57 Å². The Bertz CT molecular complexity index is 3500. The minimum atomic E-state index is 0.865. The molecule has 0 bridgehead atoms. The van der Waals surface area contributed by atoms with Crippen LogP contribution in [0.15, 0.2) is 199 Å². The maximum atomic E-state index is 6.69. The molecule has 9 aromatic carbocycles. The second-order valence-corrected chi connectivity index (χ2v) is 15.6. The maximum Gasteiger partial charge on any atom is 0.159 e. The second-order valence-electron chi connectivity index (χ2n) is 14.5. The highest BCUT2D eigenvalue weighted by Crippen LogP contribution is 2.45. The lowest BCUT2D eigenvalue weighted by molar-refractivity contribution is 0.669. The number of nitrogens with zero attached hydrogens (tertiary/aromatic N) is 2. The normalized spacial score (nSPS) is 11.9. The van der Waals surface area contributed by atoms with Crippen LogP contribution in [0.4, 0.5) is 17.1 Å². The highest BCUT2D eigenvalue weighted by atomic mass is 32.1. The number of benzene rings is 9. The number of thiophene rings is 1. The Labute approximate surface area is 326 Å². The molecular formula is C52H32N2OS. The third-order valence-corrected chi connectivity index (χ3v) is 12.5. The molecule has 12 aromatic rings. The topological polar surface area (TPSA) is 21.3 Å². The predicted octanol–water partition coefficient (Wildman–Crippen LogP) is 15.3. The molecule has 0 aliphatic heterocycles. The van der Waals surface area contributed by atoms with Crippen LogP contribution in [0.1, 0.15) is 0 Å². The summed E-state index contributed by atoms with van der Waals surface area (Å²) in [5.74, 6) is 0. The van der Waals surface area contributed by atoms with Crippen LogP contribution in [0.3, 0.4) is 0 Å². The summed E-state index contributed by atoms with van der Waals surface area (Å²) in [6.45, 7) is 0. The van der Waals surface area contributed by atoms with Crippen molar-refractivity contribution in [3.8, 4) is 16.8 Å². The zero-order chi connectivity index (χ0) is 36.7. The third-order valence-electron chi connectivity index (χ3n) is 11.3. The van der Waals surface area contributed by atoms with Gasteiger partial charge in [0.05, 0.1) is 16.7 Å². The van der Waals surface area contributed by atoms with Gasteiger partial charge in [0.25, 0.3) is 0 Å². The van der Waals surface area contributed by atoms with Crippen molar-refractivity contribution < 1.29 is 4.42 Å². The number of hydrogen-bond donors (Lipinski definition) is 0. The van der Waals surface area contributed by atoms with E-state index in [1.807, 2.05) is 17.4 Å². The molecule has 0 unspecified atom stereocenters. The van der Waals surface area contributed by atoms with Gasteiger partial charge in [-0.25, -0.2) is 0 Å². The van der Waals surface area contributed by atoms with Gasteiger partial charge in [0.2, 0.25) is 0 Å². The number of fused-ring (bicyclic) bond motifs is 10. The van der Waals surface area contributed by atoms with E-state index >= 15 is 0 Å².